The number of halogens is 1. The predicted molar refractivity (Wildman–Crippen MR) is 155 cm³/mol. The van der Waals surface area contributed by atoms with E-state index in [9.17, 15) is 9.59 Å². The molecule has 10 heteroatoms. The first-order chi connectivity index (χ1) is 19.9. The number of ether oxygens (including phenoxy) is 1. The summed E-state index contributed by atoms with van der Waals surface area (Å²) < 4.78 is 22.4. The fourth-order valence-electron chi connectivity index (χ4n) is 6.20. The van der Waals surface area contributed by atoms with Crippen molar-refractivity contribution in [2.24, 2.45) is 5.92 Å². The SMILES string of the molecule is CCOC(=O)[C@H]1CCN(c2ccc(-c3cc4nc(C(=O)N5CCc6sccc6[C@H]5C)cc(C5CC5)n4n3)c(F)c2)C1. The van der Waals surface area contributed by atoms with Gasteiger partial charge < -0.3 is 14.5 Å². The van der Waals surface area contributed by atoms with Crippen LogP contribution in [0.15, 0.2) is 41.8 Å². The molecule has 0 spiro atoms. The second-order valence-corrected chi connectivity index (χ2v) is 12.2. The van der Waals surface area contributed by atoms with Gasteiger partial charge in [-0.3, -0.25) is 9.59 Å². The van der Waals surface area contributed by atoms with Gasteiger partial charge in [0.15, 0.2) is 5.65 Å². The van der Waals surface area contributed by atoms with Crippen molar-refractivity contribution in [3.63, 3.8) is 0 Å². The monoisotopic (exact) mass is 573 g/mol. The van der Waals surface area contributed by atoms with Gasteiger partial charge in [0.1, 0.15) is 11.5 Å². The van der Waals surface area contributed by atoms with Crippen LogP contribution in [0.3, 0.4) is 0 Å². The Hall–Kier alpha value is -3.79. The van der Waals surface area contributed by atoms with Crippen LogP contribution in [0.2, 0.25) is 0 Å². The molecular weight excluding hydrogens is 541 g/mol. The number of fused-ring (bicyclic) bond motifs is 2. The second kappa shape index (κ2) is 10.2. The van der Waals surface area contributed by atoms with E-state index in [2.05, 4.69) is 18.4 Å². The minimum absolute atomic E-state index is 0.00355. The first-order valence-electron chi connectivity index (χ1n) is 14.4. The summed E-state index contributed by atoms with van der Waals surface area (Å²) in [6, 6.07) is 10.9. The number of rotatable bonds is 6. The Morgan fingerprint density at radius 2 is 1.98 bits per heavy atom. The Morgan fingerprint density at radius 3 is 2.76 bits per heavy atom. The fourth-order valence-corrected chi connectivity index (χ4v) is 7.16. The molecule has 1 saturated carbocycles. The van der Waals surface area contributed by atoms with Gasteiger partial charge >= 0.3 is 5.97 Å². The Balaban J connectivity index is 1.17. The molecule has 1 saturated heterocycles. The van der Waals surface area contributed by atoms with Crippen LogP contribution in [0.4, 0.5) is 10.1 Å². The van der Waals surface area contributed by atoms with E-state index in [1.54, 1.807) is 34.9 Å². The van der Waals surface area contributed by atoms with Gasteiger partial charge in [-0.25, -0.2) is 13.9 Å². The summed E-state index contributed by atoms with van der Waals surface area (Å²) in [5, 5.41) is 6.85. The molecule has 3 aliphatic rings. The topological polar surface area (TPSA) is 80.0 Å². The Labute approximate surface area is 241 Å². The summed E-state index contributed by atoms with van der Waals surface area (Å²) in [6.45, 7) is 6.09. The van der Waals surface area contributed by atoms with Gasteiger partial charge in [-0.15, -0.1) is 11.3 Å². The zero-order valence-electron chi connectivity index (χ0n) is 23.2. The molecule has 0 N–H and O–H groups in total. The first kappa shape index (κ1) is 26.1. The Morgan fingerprint density at radius 1 is 1.12 bits per heavy atom. The van der Waals surface area contributed by atoms with Gasteiger partial charge in [0.25, 0.3) is 5.91 Å². The maximum Gasteiger partial charge on any atom is 0.310 e. The molecule has 1 amide bonds. The van der Waals surface area contributed by atoms with Gasteiger partial charge in [-0.05, 0) is 80.8 Å². The van der Waals surface area contributed by atoms with Crippen LogP contribution in [0.1, 0.15) is 71.7 Å². The molecule has 4 aromatic rings. The lowest BCUT2D eigenvalue weighted by Crippen LogP contribution is -2.38. The van der Waals surface area contributed by atoms with Gasteiger partial charge in [-0.1, -0.05) is 0 Å². The number of anilines is 1. The van der Waals surface area contributed by atoms with E-state index in [0.29, 0.717) is 61.2 Å². The first-order valence-corrected chi connectivity index (χ1v) is 15.3. The van der Waals surface area contributed by atoms with E-state index in [1.165, 1.54) is 16.5 Å². The number of benzene rings is 1. The molecule has 212 valence electrons. The molecule has 1 aliphatic carbocycles. The highest BCUT2D eigenvalue weighted by molar-refractivity contribution is 7.10. The summed E-state index contributed by atoms with van der Waals surface area (Å²) in [5.74, 6) is -0.538. The highest BCUT2D eigenvalue weighted by atomic mass is 32.1. The average Bonchev–Trinajstić information content (AvgIpc) is 3.34. The Kier molecular flexibility index (Phi) is 6.53. The molecule has 0 unspecified atom stereocenters. The lowest BCUT2D eigenvalue weighted by molar-refractivity contribution is -0.147. The Bertz CT molecular complexity index is 1660. The van der Waals surface area contributed by atoms with E-state index < -0.39 is 0 Å². The van der Waals surface area contributed by atoms with Crippen molar-refractivity contribution in [2.75, 3.05) is 31.1 Å². The maximum atomic E-state index is 15.5. The molecule has 2 fully saturated rings. The van der Waals surface area contributed by atoms with Crippen molar-refractivity contribution in [3.05, 3.63) is 69.4 Å². The van der Waals surface area contributed by atoms with E-state index in [4.69, 9.17) is 14.8 Å². The van der Waals surface area contributed by atoms with Crippen LogP contribution in [-0.2, 0) is 16.0 Å². The van der Waals surface area contributed by atoms with Gasteiger partial charge in [0.2, 0.25) is 0 Å². The van der Waals surface area contributed by atoms with Crippen LogP contribution in [0.5, 0.6) is 0 Å². The average molecular weight is 574 g/mol. The number of amides is 1. The number of aromatic nitrogens is 3. The van der Waals surface area contributed by atoms with Crippen molar-refractivity contribution in [3.8, 4) is 11.3 Å². The molecule has 0 radical (unpaired) electrons. The number of hydrogen-bond donors (Lipinski definition) is 0. The number of carbonyl (C=O) groups excluding carboxylic acids is 2. The van der Waals surface area contributed by atoms with Crippen LogP contribution < -0.4 is 4.90 Å². The minimum atomic E-state index is -0.386. The maximum absolute atomic E-state index is 15.5. The quantitative estimate of drug-likeness (QED) is 0.279. The third-order valence-electron chi connectivity index (χ3n) is 8.61. The van der Waals surface area contributed by atoms with Gasteiger partial charge in [0, 0.05) is 53.4 Å². The largest absolute Gasteiger partial charge is 0.466 e. The van der Waals surface area contributed by atoms with Crippen LogP contribution in [-0.4, -0.2) is 57.6 Å². The zero-order valence-corrected chi connectivity index (χ0v) is 24.0. The molecule has 8 nitrogen and oxygen atoms in total. The standard InChI is InChI=1S/C31H32FN5O3S/c1-3-40-31(39)20-8-11-35(17-20)21-6-7-23(24(32)14-21)25-16-29-33-26(15-27(19-4-5-19)37(29)34-25)30(38)36-12-9-28-22(18(36)2)10-13-41-28/h6-7,10,13-16,18-20H,3-5,8-9,11-12,17H2,1-2H3/t18-,20+/m1/s1. The number of esters is 1. The molecular formula is C31H32FN5O3S. The number of hydrogen-bond acceptors (Lipinski definition) is 7. The van der Waals surface area contributed by atoms with E-state index >= 15 is 4.39 Å². The van der Waals surface area contributed by atoms with Crippen molar-refractivity contribution in [1.82, 2.24) is 19.5 Å². The summed E-state index contributed by atoms with van der Waals surface area (Å²) >= 11 is 1.75. The fraction of sp³-hybridized carbons (Fsp3) is 0.419. The molecule has 7 rings (SSSR count). The second-order valence-electron chi connectivity index (χ2n) is 11.2. The smallest absolute Gasteiger partial charge is 0.310 e. The van der Waals surface area contributed by atoms with Crippen molar-refractivity contribution in [1.29, 1.82) is 0 Å². The predicted octanol–water partition coefficient (Wildman–Crippen LogP) is 5.62. The van der Waals surface area contributed by atoms with Gasteiger partial charge in [0.05, 0.1) is 24.3 Å². The number of thiophene rings is 1. The van der Waals surface area contributed by atoms with Crippen LogP contribution in [0, 0.1) is 11.7 Å². The molecule has 1 aromatic carbocycles. The summed E-state index contributed by atoms with van der Waals surface area (Å²) in [4.78, 5) is 35.9. The van der Waals surface area contributed by atoms with E-state index in [1.807, 2.05) is 21.9 Å². The molecule has 5 heterocycles. The number of carbonyl (C=O) groups is 2. The third-order valence-corrected chi connectivity index (χ3v) is 9.61. The molecule has 2 aliphatic heterocycles. The third kappa shape index (κ3) is 4.67. The minimum Gasteiger partial charge on any atom is -0.466 e. The van der Waals surface area contributed by atoms with E-state index in [0.717, 1.165) is 30.6 Å². The zero-order chi connectivity index (χ0) is 28.2. The van der Waals surface area contributed by atoms with Crippen molar-refractivity contribution < 1.29 is 18.7 Å². The van der Waals surface area contributed by atoms with Crippen molar-refractivity contribution in [2.45, 2.75) is 51.5 Å². The lowest BCUT2D eigenvalue weighted by Gasteiger charge is -2.33. The normalized spacial score (nSPS) is 20.5. The van der Waals surface area contributed by atoms with Crippen molar-refractivity contribution >= 4 is 34.5 Å². The summed E-state index contributed by atoms with van der Waals surface area (Å²) in [7, 11) is 0. The van der Waals surface area contributed by atoms with Crippen LogP contribution >= 0.6 is 11.3 Å². The van der Waals surface area contributed by atoms with E-state index in [-0.39, 0.29) is 29.7 Å². The summed E-state index contributed by atoms with van der Waals surface area (Å²) in [6.07, 6.45) is 3.61. The highest BCUT2D eigenvalue weighted by Gasteiger charge is 2.33. The summed E-state index contributed by atoms with van der Waals surface area (Å²) in [5.41, 5.74) is 4.72. The van der Waals surface area contributed by atoms with Gasteiger partial charge in [-0.2, -0.15) is 5.10 Å². The molecule has 41 heavy (non-hydrogen) atoms. The number of nitrogens with zero attached hydrogens (tertiary/aromatic N) is 5. The molecule has 3 aromatic heterocycles. The molecule has 2 atom stereocenters. The highest BCUT2D eigenvalue weighted by Crippen LogP contribution is 2.41. The molecule has 0 bridgehead atoms. The van der Waals surface area contributed by atoms with Crippen LogP contribution in [0.25, 0.3) is 16.9 Å². The lowest BCUT2D eigenvalue weighted by atomic mass is 10.0.